The van der Waals surface area contributed by atoms with Gasteiger partial charge in [0.25, 0.3) is 0 Å². The molecule has 28 heavy (non-hydrogen) atoms. The van der Waals surface area contributed by atoms with E-state index in [2.05, 4.69) is 11.1 Å². The first-order valence-corrected chi connectivity index (χ1v) is 8.86. The highest BCUT2D eigenvalue weighted by Crippen LogP contribution is 2.35. The standard InChI is InChI=1S/C23H19N3O2/c1-26(2)17-10-8-15(9-11-17)18-13-20(25-23(27-3)19(18)14-24)22-12-16-6-4-5-7-21(16)28-22/h4-13H,1-3H3. The molecule has 0 saturated carbocycles. The lowest BCUT2D eigenvalue weighted by atomic mass is 9.99. The minimum Gasteiger partial charge on any atom is -0.480 e. The van der Waals surface area contributed by atoms with Gasteiger partial charge in [-0.1, -0.05) is 30.3 Å². The van der Waals surface area contributed by atoms with Crippen molar-refractivity contribution >= 4 is 16.7 Å². The summed E-state index contributed by atoms with van der Waals surface area (Å²) < 4.78 is 11.4. The van der Waals surface area contributed by atoms with Gasteiger partial charge in [-0.3, -0.25) is 0 Å². The molecular formula is C23H19N3O2. The van der Waals surface area contributed by atoms with Crippen molar-refractivity contribution in [3.8, 4) is 34.5 Å². The van der Waals surface area contributed by atoms with Gasteiger partial charge in [-0.05, 0) is 35.9 Å². The molecule has 0 atom stereocenters. The third kappa shape index (κ3) is 3.06. The summed E-state index contributed by atoms with van der Waals surface area (Å²) in [6, 6.07) is 21.9. The van der Waals surface area contributed by atoms with Gasteiger partial charge in [0.05, 0.1) is 7.11 Å². The number of hydrogen-bond acceptors (Lipinski definition) is 5. The number of methoxy groups -OCH3 is 1. The van der Waals surface area contributed by atoms with E-state index in [1.165, 1.54) is 7.11 Å². The molecule has 0 amide bonds. The predicted octanol–water partition coefficient (Wildman–Crippen LogP) is 5.11. The van der Waals surface area contributed by atoms with Crippen molar-refractivity contribution in [2.75, 3.05) is 26.1 Å². The maximum absolute atomic E-state index is 9.71. The van der Waals surface area contributed by atoms with Gasteiger partial charge in [-0.2, -0.15) is 5.26 Å². The lowest BCUT2D eigenvalue weighted by molar-refractivity contribution is 0.397. The van der Waals surface area contributed by atoms with Gasteiger partial charge in [0, 0.05) is 30.7 Å². The largest absolute Gasteiger partial charge is 0.480 e. The number of benzene rings is 2. The molecule has 2 aromatic heterocycles. The maximum atomic E-state index is 9.71. The number of hydrogen-bond donors (Lipinski definition) is 0. The van der Waals surface area contributed by atoms with Crippen molar-refractivity contribution in [3.05, 3.63) is 66.2 Å². The number of para-hydroxylation sites is 1. The number of rotatable bonds is 4. The van der Waals surface area contributed by atoms with E-state index >= 15 is 0 Å². The van der Waals surface area contributed by atoms with Crippen LogP contribution in [0.2, 0.25) is 0 Å². The molecule has 2 heterocycles. The number of nitriles is 1. The fraction of sp³-hybridized carbons (Fsp3) is 0.130. The molecule has 5 nitrogen and oxygen atoms in total. The Balaban J connectivity index is 1.89. The van der Waals surface area contributed by atoms with Crippen LogP contribution in [0.25, 0.3) is 33.6 Å². The van der Waals surface area contributed by atoms with Crippen LogP contribution in [0.4, 0.5) is 5.69 Å². The number of furan rings is 1. The second-order valence-electron chi connectivity index (χ2n) is 6.64. The smallest absolute Gasteiger partial charge is 0.232 e. The van der Waals surface area contributed by atoms with Gasteiger partial charge in [0.15, 0.2) is 5.76 Å². The fourth-order valence-corrected chi connectivity index (χ4v) is 3.18. The SMILES string of the molecule is COc1nc(-c2cc3ccccc3o2)cc(-c2ccc(N(C)C)cc2)c1C#N. The summed E-state index contributed by atoms with van der Waals surface area (Å²) in [5.74, 6) is 0.919. The van der Waals surface area contributed by atoms with Crippen molar-refractivity contribution in [3.63, 3.8) is 0 Å². The summed E-state index contributed by atoms with van der Waals surface area (Å²) in [4.78, 5) is 6.54. The monoisotopic (exact) mass is 369 g/mol. The van der Waals surface area contributed by atoms with Crippen molar-refractivity contribution in [1.82, 2.24) is 4.98 Å². The number of aromatic nitrogens is 1. The predicted molar refractivity (Wildman–Crippen MR) is 110 cm³/mol. The number of ether oxygens (including phenoxy) is 1. The third-order valence-electron chi connectivity index (χ3n) is 4.66. The number of pyridine rings is 1. The van der Waals surface area contributed by atoms with Crippen LogP contribution in [0.5, 0.6) is 5.88 Å². The molecule has 0 aliphatic carbocycles. The van der Waals surface area contributed by atoms with Crippen LogP contribution in [-0.4, -0.2) is 26.2 Å². The molecule has 0 aliphatic rings. The van der Waals surface area contributed by atoms with Gasteiger partial charge in [0.2, 0.25) is 5.88 Å². The van der Waals surface area contributed by atoms with Crippen molar-refractivity contribution in [1.29, 1.82) is 5.26 Å². The molecule has 0 saturated heterocycles. The summed E-state index contributed by atoms with van der Waals surface area (Å²) in [6.07, 6.45) is 0. The Hall–Kier alpha value is -3.78. The molecule has 5 heteroatoms. The molecule has 0 fully saturated rings. The topological polar surface area (TPSA) is 62.3 Å². The molecule has 0 unspecified atom stereocenters. The average Bonchev–Trinajstić information content (AvgIpc) is 3.17. The summed E-state index contributed by atoms with van der Waals surface area (Å²) in [5, 5.41) is 10.7. The maximum Gasteiger partial charge on any atom is 0.232 e. The van der Waals surface area contributed by atoms with Crippen molar-refractivity contribution < 1.29 is 9.15 Å². The van der Waals surface area contributed by atoms with Crippen molar-refractivity contribution in [2.45, 2.75) is 0 Å². The first-order chi connectivity index (χ1) is 13.6. The van der Waals surface area contributed by atoms with Gasteiger partial charge >= 0.3 is 0 Å². The average molecular weight is 369 g/mol. The highest BCUT2D eigenvalue weighted by Gasteiger charge is 2.18. The summed E-state index contributed by atoms with van der Waals surface area (Å²) in [6.45, 7) is 0. The Bertz CT molecular complexity index is 1150. The molecule has 0 N–H and O–H groups in total. The van der Waals surface area contributed by atoms with Crippen molar-refractivity contribution in [2.24, 2.45) is 0 Å². The van der Waals surface area contributed by atoms with Crippen LogP contribution in [0.15, 0.2) is 65.1 Å². The van der Waals surface area contributed by atoms with Gasteiger partial charge in [-0.15, -0.1) is 0 Å². The van der Waals surface area contributed by atoms with E-state index in [-0.39, 0.29) is 5.88 Å². The van der Waals surface area contributed by atoms with E-state index in [1.807, 2.05) is 79.7 Å². The Labute approximate surface area is 163 Å². The van der Waals surface area contributed by atoms with E-state index in [0.717, 1.165) is 27.8 Å². The van der Waals surface area contributed by atoms with Crippen LogP contribution >= 0.6 is 0 Å². The number of fused-ring (bicyclic) bond motifs is 1. The van der Waals surface area contributed by atoms with Gasteiger partial charge in [-0.25, -0.2) is 4.98 Å². The summed E-state index contributed by atoms with van der Waals surface area (Å²) >= 11 is 0. The molecule has 4 aromatic rings. The second-order valence-corrected chi connectivity index (χ2v) is 6.64. The minimum absolute atomic E-state index is 0.284. The Kier molecular flexibility index (Phi) is 4.46. The van der Waals surface area contributed by atoms with Crippen LogP contribution in [-0.2, 0) is 0 Å². The van der Waals surface area contributed by atoms with E-state index < -0.39 is 0 Å². The molecule has 0 bridgehead atoms. The molecule has 4 rings (SSSR count). The zero-order valence-electron chi connectivity index (χ0n) is 15.9. The quantitative estimate of drug-likeness (QED) is 0.500. The first kappa shape index (κ1) is 17.6. The Morgan fingerprint density at radius 2 is 1.79 bits per heavy atom. The summed E-state index contributed by atoms with van der Waals surface area (Å²) in [5.41, 5.74) is 4.58. The van der Waals surface area contributed by atoms with Gasteiger partial charge < -0.3 is 14.1 Å². The minimum atomic E-state index is 0.284. The van der Waals surface area contributed by atoms with Crippen LogP contribution in [0.3, 0.4) is 0 Å². The zero-order chi connectivity index (χ0) is 19.7. The molecule has 2 aromatic carbocycles. The van der Waals surface area contributed by atoms with E-state index in [4.69, 9.17) is 9.15 Å². The van der Waals surface area contributed by atoms with Crippen LogP contribution < -0.4 is 9.64 Å². The van der Waals surface area contributed by atoms with E-state index in [0.29, 0.717) is 17.0 Å². The summed E-state index contributed by atoms with van der Waals surface area (Å²) in [7, 11) is 5.50. The first-order valence-electron chi connectivity index (χ1n) is 8.86. The number of anilines is 1. The highest BCUT2D eigenvalue weighted by molar-refractivity contribution is 5.84. The molecule has 0 aliphatic heterocycles. The lowest BCUT2D eigenvalue weighted by Crippen LogP contribution is -2.08. The fourth-order valence-electron chi connectivity index (χ4n) is 3.18. The zero-order valence-corrected chi connectivity index (χ0v) is 15.9. The van der Waals surface area contributed by atoms with E-state index in [1.54, 1.807) is 0 Å². The highest BCUT2D eigenvalue weighted by atomic mass is 16.5. The van der Waals surface area contributed by atoms with Gasteiger partial charge in [0.1, 0.15) is 22.9 Å². The molecule has 0 spiro atoms. The molecule has 138 valence electrons. The number of nitrogens with zero attached hydrogens (tertiary/aromatic N) is 3. The van der Waals surface area contributed by atoms with Crippen LogP contribution in [0.1, 0.15) is 5.56 Å². The third-order valence-corrected chi connectivity index (χ3v) is 4.66. The van der Waals surface area contributed by atoms with Crippen LogP contribution in [0, 0.1) is 11.3 Å². The second kappa shape index (κ2) is 7.09. The molecular weight excluding hydrogens is 350 g/mol. The molecule has 0 radical (unpaired) electrons. The Morgan fingerprint density at radius 3 is 2.43 bits per heavy atom. The lowest BCUT2D eigenvalue weighted by Gasteiger charge is -2.14. The Morgan fingerprint density at radius 1 is 1.04 bits per heavy atom. The van der Waals surface area contributed by atoms with E-state index in [9.17, 15) is 5.26 Å². The normalized spacial score (nSPS) is 10.6.